The van der Waals surface area contributed by atoms with Crippen molar-refractivity contribution in [3.8, 4) is 0 Å². The average molecular weight is 241 g/mol. The van der Waals surface area contributed by atoms with Crippen LogP contribution in [0.2, 0.25) is 0 Å². The highest BCUT2D eigenvalue weighted by molar-refractivity contribution is 6.05. The third-order valence-corrected chi connectivity index (χ3v) is 3.63. The minimum atomic E-state index is -0.676. The van der Waals surface area contributed by atoms with Gasteiger partial charge in [-0.05, 0) is 36.8 Å². The Bertz CT molecular complexity index is 600. The Labute approximate surface area is 105 Å². The summed E-state index contributed by atoms with van der Waals surface area (Å²) in [6.45, 7) is 0. The van der Waals surface area contributed by atoms with Gasteiger partial charge in [0.2, 0.25) is 5.91 Å². The molecule has 1 aliphatic rings. The van der Waals surface area contributed by atoms with Gasteiger partial charge in [0.15, 0.2) is 0 Å². The molecule has 1 fully saturated rings. The number of rotatable bonds is 2. The molecule has 1 aromatic carbocycles. The molecule has 3 N–H and O–H groups in total. The number of carbonyl (C=O) groups excluding carboxylic acids is 1. The van der Waals surface area contributed by atoms with Crippen LogP contribution in [0.25, 0.3) is 10.8 Å². The molecule has 2 aromatic rings. The third kappa shape index (κ3) is 1.75. The smallest absolute Gasteiger partial charge is 0.244 e. The van der Waals surface area contributed by atoms with Crippen LogP contribution in [0.15, 0.2) is 36.7 Å². The van der Waals surface area contributed by atoms with Crippen LogP contribution in [-0.2, 0) is 4.79 Å². The zero-order valence-corrected chi connectivity index (χ0v) is 10.0. The van der Waals surface area contributed by atoms with E-state index in [1.54, 1.807) is 12.4 Å². The van der Waals surface area contributed by atoms with Crippen LogP contribution in [0.1, 0.15) is 19.3 Å². The average Bonchev–Trinajstić information content (AvgIpc) is 2.36. The first-order valence-electron chi connectivity index (χ1n) is 6.12. The highest BCUT2D eigenvalue weighted by Gasteiger charge is 2.40. The first-order chi connectivity index (χ1) is 8.69. The van der Waals surface area contributed by atoms with Gasteiger partial charge < -0.3 is 11.1 Å². The van der Waals surface area contributed by atoms with E-state index in [0.29, 0.717) is 0 Å². The Balaban J connectivity index is 1.93. The van der Waals surface area contributed by atoms with Gasteiger partial charge in [-0.25, -0.2) is 0 Å². The van der Waals surface area contributed by atoms with Gasteiger partial charge in [0.05, 0.1) is 11.2 Å². The number of amides is 1. The van der Waals surface area contributed by atoms with Crippen LogP contribution in [0.5, 0.6) is 0 Å². The van der Waals surface area contributed by atoms with Crippen molar-refractivity contribution >= 4 is 22.4 Å². The topological polar surface area (TPSA) is 68.0 Å². The molecule has 0 radical (unpaired) electrons. The number of carbonyl (C=O) groups is 1. The fourth-order valence-corrected chi connectivity index (χ4v) is 2.25. The van der Waals surface area contributed by atoms with E-state index in [1.807, 2.05) is 24.3 Å². The predicted octanol–water partition coefficient (Wildman–Crippen LogP) is 2.05. The summed E-state index contributed by atoms with van der Waals surface area (Å²) in [6.07, 6.45) is 6.06. The summed E-state index contributed by atoms with van der Waals surface area (Å²) in [7, 11) is 0. The number of nitrogens with zero attached hydrogens (tertiary/aromatic N) is 1. The number of hydrogen-bond acceptors (Lipinski definition) is 3. The molecule has 0 saturated heterocycles. The summed E-state index contributed by atoms with van der Waals surface area (Å²) in [6, 6.07) is 7.71. The second-order valence-electron chi connectivity index (χ2n) is 4.87. The second kappa shape index (κ2) is 4.07. The van der Waals surface area contributed by atoms with E-state index < -0.39 is 5.54 Å². The molecule has 1 aliphatic carbocycles. The minimum Gasteiger partial charge on any atom is -0.324 e. The molecular weight excluding hydrogens is 226 g/mol. The number of nitrogens with two attached hydrogens (primary N) is 1. The molecule has 0 bridgehead atoms. The lowest BCUT2D eigenvalue weighted by atomic mass is 9.77. The summed E-state index contributed by atoms with van der Waals surface area (Å²) < 4.78 is 0. The third-order valence-electron chi connectivity index (χ3n) is 3.63. The molecule has 3 rings (SSSR count). The van der Waals surface area contributed by atoms with E-state index in [-0.39, 0.29) is 5.91 Å². The van der Waals surface area contributed by atoms with Crippen molar-refractivity contribution in [1.82, 2.24) is 4.98 Å². The van der Waals surface area contributed by atoms with Crippen LogP contribution >= 0.6 is 0 Å². The van der Waals surface area contributed by atoms with Gasteiger partial charge in [-0.3, -0.25) is 9.78 Å². The molecule has 4 nitrogen and oxygen atoms in total. The molecule has 1 saturated carbocycles. The van der Waals surface area contributed by atoms with Gasteiger partial charge in [0.25, 0.3) is 0 Å². The molecule has 0 aliphatic heterocycles. The number of anilines is 1. The zero-order valence-electron chi connectivity index (χ0n) is 10.0. The molecule has 1 heterocycles. The maximum Gasteiger partial charge on any atom is 0.244 e. The minimum absolute atomic E-state index is 0.0925. The van der Waals surface area contributed by atoms with Crippen molar-refractivity contribution in [2.75, 3.05) is 5.32 Å². The largest absolute Gasteiger partial charge is 0.324 e. The monoisotopic (exact) mass is 241 g/mol. The van der Waals surface area contributed by atoms with Gasteiger partial charge in [0.1, 0.15) is 0 Å². The lowest BCUT2D eigenvalue weighted by molar-refractivity contribution is -0.123. The zero-order chi connectivity index (χ0) is 12.6. The molecule has 4 heteroatoms. The molecule has 0 atom stereocenters. The number of pyridine rings is 1. The fourth-order valence-electron chi connectivity index (χ4n) is 2.25. The molecule has 1 aromatic heterocycles. The van der Waals surface area contributed by atoms with Crippen LogP contribution in [-0.4, -0.2) is 16.4 Å². The number of nitrogens with one attached hydrogen (secondary N) is 1. The Morgan fingerprint density at radius 3 is 2.89 bits per heavy atom. The van der Waals surface area contributed by atoms with Crippen molar-refractivity contribution in [1.29, 1.82) is 0 Å². The summed E-state index contributed by atoms with van der Waals surface area (Å²) in [4.78, 5) is 16.2. The molecule has 0 unspecified atom stereocenters. The van der Waals surface area contributed by atoms with E-state index in [0.717, 1.165) is 35.7 Å². The Morgan fingerprint density at radius 1 is 1.33 bits per heavy atom. The molecular formula is C14H15N3O. The fraction of sp³-hybridized carbons (Fsp3) is 0.286. The van der Waals surface area contributed by atoms with Crippen LogP contribution < -0.4 is 11.1 Å². The van der Waals surface area contributed by atoms with E-state index in [2.05, 4.69) is 10.3 Å². The summed E-state index contributed by atoms with van der Waals surface area (Å²) in [5.74, 6) is -0.0925. The second-order valence-corrected chi connectivity index (χ2v) is 4.87. The van der Waals surface area contributed by atoms with Gasteiger partial charge in [0, 0.05) is 17.8 Å². The SMILES string of the molecule is NC1(C(=O)Nc2cccc3ccncc23)CCC1. The number of aromatic nitrogens is 1. The van der Waals surface area contributed by atoms with E-state index in [9.17, 15) is 4.79 Å². The predicted molar refractivity (Wildman–Crippen MR) is 71.1 cm³/mol. The Hall–Kier alpha value is -1.94. The summed E-state index contributed by atoms with van der Waals surface area (Å²) >= 11 is 0. The molecule has 0 spiro atoms. The lowest BCUT2D eigenvalue weighted by Crippen LogP contribution is -2.56. The Morgan fingerprint density at radius 2 is 2.17 bits per heavy atom. The van der Waals surface area contributed by atoms with Gasteiger partial charge >= 0.3 is 0 Å². The van der Waals surface area contributed by atoms with Crippen LogP contribution in [0.4, 0.5) is 5.69 Å². The molecule has 92 valence electrons. The van der Waals surface area contributed by atoms with Crippen molar-refractivity contribution < 1.29 is 4.79 Å². The highest BCUT2D eigenvalue weighted by Crippen LogP contribution is 2.31. The normalized spacial score (nSPS) is 17.2. The van der Waals surface area contributed by atoms with Gasteiger partial charge in [-0.15, -0.1) is 0 Å². The first-order valence-corrected chi connectivity index (χ1v) is 6.12. The highest BCUT2D eigenvalue weighted by atomic mass is 16.2. The van der Waals surface area contributed by atoms with Crippen LogP contribution in [0.3, 0.4) is 0 Å². The maximum atomic E-state index is 12.1. The van der Waals surface area contributed by atoms with E-state index in [1.165, 1.54) is 0 Å². The van der Waals surface area contributed by atoms with E-state index in [4.69, 9.17) is 5.73 Å². The Kier molecular flexibility index (Phi) is 2.52. The van der Waals surface area contributed by atoms with Crippen molar-refractivity contribution in [3.05, 3.63) is 36.7 Å². The first kappa shape index (κ1) is 11.2. The van der Waals surface area contributed by atoms with Crippen LogP contribution in [0, 0.1) is 0 Å². The molecule has 18 heavy (non-hydrogen) atoms. The van der Waals surface area contributed by atoms with E-state index >= 15 is 0 Å². The van der Waals surface area contributed by atoms with Crippen molar-refractivity contribution in [2.45, 2.75) is 24.8 Å². The van der Waals surface area contributed by atoms with Crippen molar-refractivity contribution in [3.63, 3.8) is 0 Å². The number of hydrogen-bond donors (Lipinski definition) is 2. The van der Waals surface area contributed by atoms with Gasteiger partial charge in [-0.1, -0.05) is 12.1 Å². The number of benzene rings is 1. The molecule has 1 amide bonds. The quantitative estimate of drug-likeness (QED) is 0.845. The van der Waals surface area contributed by atoms with Gasteiger partial charge in [-0.2, -0.15) is 0 Å². The number of fused-ring (bicyclic) bond motifs is 1. The standard InChI is InChI=1S/C14H15N3O/c15-14(6-2-7-14)13(18)17-12-4-1-3-10-5-8-16-9-11(10)12/h1,3-5,8-9H,2,6-7,15H2,(H,17,18). The summed E-state index contributed by atoms with van der Waals surface area (Å²) in [5.41, 5.74) is 6.11. The maximum absolute atomic E-state index is 12.1. The lowest BCUT2D eigenvalue weighted by Gasteiger charge is -2.36. The summed E-state index contributed by atoms with van der Waals surface area (Å²) in [5, 5.41) is 4.92. The van der Waals surface area contributed by atoms with Crippen molar-refractivity contribution in [2.24, 2.45) is 5.73 Å².